The Hall–Kier alpha value is -1.58. The van der Waals surface area contributed by atoms with Crippen molar-refractivity contribution in [3.05, 3.63) is 64.6 Å². The minimum Gasteiger partial charge on any atom is -0.207 e. The topological polar surface area (TPSA) is 0 Å². The third kappa shape index (κ3) is 2.89. The highest BCUT2D eigenvalue weighted by Crippen LogP contribution is 2.37. The van der Waals surface area contributed by atoms with E-state index in [-0.39, 0.29) is 5.82 Å². The molecule has 0 nitrogen and oxygen atoms in total. The Balaban J connectivity index is 2.07. The summed E-state index contributed by atoms with van der Waals surface area (Å²) in [6.45, 7) is 1.96. The zero-order chi connectivity index (χ0) is 14.8. The molecule has 21 heavy (non-hydrogen) atoms. The van der Waals surface area contributed by atoms with Crippen molar-refractivity contribution in [3.63, 3.8) is 0 Å². The molecule has 2 aromatic carbocycles. The van der Waals surface area contributed by atoms with Crippen molar-refractivity contribution in [2.75, 3.05) is 6.26 Å². The van der Waals surface area contributed by atoms with E-state index in [4.69, 9.17) is 0 Å². The highest BCUT2D eigenvalue weighted by molar-refractivity contribution is 7.98. The monoisotopic (exact) mass is 314 g/mol. The molecule has 0 aliphatic rings. The fourth-order valence-corrected chi connectivity index (χ4v) is 3.69. The summed E-state index contributed by atoms with van der Waals surface area (Å²) in [6.07, 6.45) is 2.08. The van der Waals surface area contributed by atoms with Crippen molar-refractivity contribution < 1.29 is 4.39 Å². The van der Waals surface area contributed by atoms with Crippen molar-refractivity contribution in [1.29, 1.82) is 0 Å². The van der Waals surface area contributed by atoms with Crippen LogP contribution < -0.4 is 0 Å². The molecule has 0 N–H and O–H groups in total. The summed E-state index contributed by atoms with van der Waals surface area (Å²) in [7, 11) is 0. The lowest BCUT2D eigenvalue weighted by molar-refractivity contribution is 0.627. The van der Waals surface area contributed by atoms with Gasteiger partial charge in [-0.15, -0.1) is 11.8 Å². The van der Waals surface area contributed by atoms with Crippen molar-refractivity contribution in [3.8, 4) is 22.3 Å². The van der Waals surface area contributed by atoms with Crippen LogP contribution in [-0.2, 0) is 0 Å². The first-order valence-electron chi connectivity index (χ1n) is 6.66. The molecule has 0 fully saturated rings. The van der Waals surface area contributed by atoms with Crippen LogP contribution in [0.4, 0.5) is 4.39 Å². The summed E-state index contributed by atoms with van der Waals surface area (Å²) in [4.78, 5) is 1.26. The lowest BCUT2D eigenvalue weighted by Gasteiger charge is -2.08. The van der Waals surface area contributed by atoms with Crippen molar-refractivity contribution in [2.24, 2.45) is 0 Å². The molecule has 0 aliphatic carbocycles. The van der Waals surface area contributed by atoms with Gasteiger partial charge in [-0.3, -0.25) is 0 Å². The highest BCUT2D eigenvalue weighted by atomic mass is 32.2. The first-order valence-corrected chi connectivity index (χ1v) is 8.83. The summed E-state index contributed by atoms with van der Waals surface area (Å²) in [5.74, 6) is -0.183. The number of thioether (sulfide) groups is 1. The van der Waals surface area contributed by atoms with E-state index in [1.54, 1.807) is 29.2 Å². The summed E-state index contributed by atoms with van der Waals surface area (Å²) in [5.41, 5.74) is 5.65. The average Bonchev–Trinajstić information content (AvgIpc) is 2.96. The van der Waals surface area contributed by atoms with E-state index in [9.17, 15) is 4.39 Å². The number of hydrogen-bond donors (Lipinski definition) is 0. The van der Waals surface area contributed by atoms with E-state index in [1.165, 1.54) is 27.7 Å². The van der Waals surface area contributed by atoms with Crippen LogP contribution in [-0.4, -0.2) is 6.26 Å². The Morgan fingerprint density at radius 2 is 1.62 bits per heavy atom. The molecule has 0 saturated carbocycles. The van der Waals surface area contributed by atoms with Gasteiger partial charge in [0.25, 0.3) is 0 Å². The normalized spacial score (nSPS) is 10.8. The van der Waals surface area contributed by atoms with Crippen LogP contribution in [0.15, 0.2) is 58.1 Å². The first kappa shape index (κ1) is 14.4. The summed E-state index contributed by atoms with van der Waals surface area (Å²) >= 11 is 3.42. The minimum atomic E-state index is -0.183. The second kappa shape index (κ2) is 6.04. The maximum atomic E-state index is 13.3. The van der Waals surface area contributed by atoms with Crippen molar-refractivity contribution in [2.45, 2.75) is 11.8 Å². The highest BCUT2D eigenvalue weighted by Gasteiger charge is 2.11. The van der Waals surface area contributed by atoms with Crippen LogP contribution in [0.5, 0.6) is 0 Å². The largest absolute Gasteiger partial charge is 0.207 e. The summed E-state index contributed by atoms with van der Waals surface area (Å²) in [6, 6.07) is 13.6. The Bertz CT molecular complexity index is 757. The van der Waals surface area contributed by atoms with Gasteiger partial charge in [-0.05, 0) is 64.9 Å². The lowest BCUT2D eigenvalue weighted by Crippen LogP contribution is -1.86. The van der Waals surface area contributed by atoms with Crippen molar-refractivity contribution >= 4 is 23.1 Å². The molecule has 0 unspecified atom stereocenters. The van der Waals surface area contributed by atoms with Gasteiger partial charge in [0.15, 0.2) is 0 Å². The molecule has 3 rings (SSSR count). The van der Waals surface area contributed by atoms with Gasteiger partial charge in [0.05, 0.1) is 0 Å². The molecule has 0 atom stereocenters. The molecule has 0 spiro atoms. The molecular weight excluding hydrogens is 299 g/mol. The molecular formula is C18H15FS2. The van der Waals surface area contributed by atoms with Gasteiger partial charge in [-0.2, -0.15) is 11.3 Å². The van der Waals surface area contributed by atoms with E-state index >= 15 is 0 Å². The predicted octanol–water partition coefficient (Wildman–Crippen LogP) is 6.25. The van der Waals surface area contributed by atoms with Gasteiger partial charge < -0.3 is 0 Å². The van der Waals surface area contributed by atoms with Crippen molar-refractivity contribution in [1.82, 2.24) is 0 Å². The summed E-state index contributed by atoms with van der Waals surface area (Å²) < 4.78 is 13.3. The van der Waals surface area contributed by atoms with Gasteiger partial charge >= 0.3 is 0 Å². The molecule has 3 aromatic rings. The zero-order valence-corrected chi connectivity index (χ0v) is 13.5. The third-order valence-electron chi connectivity index (χ3n) is 3.54. The second-order valence-corrected chi connectivity index (χ2v) is 6.51. The van der Waals surface area contributed by atoms with Crippen LogP contribution >= 0.6 is 23.1 Å². The van der Waals surface area contributed by atoms with Crippen LogP contribution in [0.25, 0.3) is 22.3 Å². The third-order valence-corrected chi connectivity index (χ3v) is 5.03. The molecule has 106 valence electrons. The zero-order valence-electron chi connectivity index (χ0n) is 11.9. The quantitative estimate of drug-likeness (QED) is 0.515. The Labute approximate surface area is 132 Å². The number of thiophene rings is 1. The number of hydrogen-bond acceptors (Lipinski definition) is 2. The smallest absolute Gasteiger partial charge is 0.123 e. The van der Waals surface area contributed by atoms with Crippen LogP contribution in [0.2, 0.25) is 0 Å². The first-order chi connectivity index (χ1) is 10.2. The maximum absolute atomic E-state index is 13.3. The number of halogens is 1. The Kier molecular flexibility index (Phi) is 4.13. The number of benzene rings is 2. The van der Waals surface area contributed by atoms with Crippen LogP contribution in [0, 0.1) is 12.7 Å². The van der Waals surface area contributed by atoms with E-state index in [1.807, 2.05) is 13.0 Å². The number of aryl methyl sites for hydroxylation is 1. The lowest BCUT2D eigenvalue weighted by atomic mass is 9.96. The van der Waals surface area contributed by atoms with Crippen LogP contribution in [0.3, 0.4) is 0 Å². The molecule has 3 heteroatoms. The Morgan fingerprint density at radius 1 is 0.905 bits per heavy atom. The van der Waals surface area contributed by atoms with E-state index < -0.39 is 0 Å². The fourth-order valence-electron chi connectivity index (χ4n) is 2.43. The fraction of sp³-hybridized carbons (Fsp3) is 0.111. The molecule has 0 aliphatic heterocycles. The van der Waals surface area contributed by atoms with Gasteiger partial charge in [0, 0.05) is 16.0 Å². The van der Waals surface area contributed by atoms with Gasteiger partial charge in [0.2, 0.25) is 0 Å². The predicted molar refractivity (Wildman–Crippen MR) is 91.7 cm³/mol. The van der Waals surface area contributed by atoms with Gasteiger partial charge in [-0.25, -0.2) is 4.39 Å². The standard InChI is InChI=1S/C18H15FS2/c1-12-9-14(19)5-8-16(12)18-11-21-10-17(18)13-3-6-15(20-2)7-4-13/h3-11H,1-2H3. The van der Waals surface area contributed by atoms with E-state index in [0.717, 1.165) is 11.1 Å². The molecule has 0 amide bonds. The SMILES string of the molecule is CSc1ccc(-c2cscc2-c2ccc(F)cc2C)cc1. The second-order valence-electron chi connectivity index (χ2n) is 4.89. The molecule has 1 aromatic heterocycles. The molecule has 0 radical (unpaired) electrons. The minimum absolute atomic E-state index is 0.183. The summed E-state index contributed by atoms with van der Waals surface area (Å²) in [5, 5.41) is 4.30. The number of rotatable bonds is 3. The van der Waals surface area contributed by atoms with Gasteiger partial charge in [-0.1, -0.05) is 18.2 Å². The van der Waals surface area contributed by atoms with Gasteiger partial charge in [0.1, 0.15) is 5.82 Å². The molecule has 1 heterocycles. The Morgan fingerprint density at radius 3 is 2.29 bits per heavy atom. The van der Waals surface area contributed by atoms with E-state index in [2.05, 4.69) is 41.3 Å². The van der Waals surface area contributed by atoms with Crippen LogP contribution in [0.1, 0.15) is 5.56 Å². The van der Waals surface area contributed by atoms with E-state index in [0.29, 0.717) is 0 Å². The molecule has 0 saturated heterocycles. The maximum Gasteiger partial charge on any atom is 0.123 e. The molecule has 0 bridgehead atoms. The average molecular weight is 314 g/mol.